The molecule has 1 aliphatic carbocycles. The summed E-state index contributed by atoms with van der Waals surface area (Å²) in [6, 6.07) is 4.91. The lowest BCUT2D eigenvalue weighted by Crippen LogP contribution is -2.49. The lowest BCUT2D eigenvalue weighted by atomic mass is 9.93. The molecule has 1 N–H and O–H groups in total. The maximum Gasteiger partial charge on any atom is 0.317 e. The maximum atomic E-state index is 11.9. The van der Waals surface area contributed by atoms with Gasteiger partial charge in [-0.2, -0.15) is 0 Å². The number of likely N-dealkylation sites (N-methyl/N-ethyl adjacent to an activating group) is 1. The van der Waals surface area contributed by atoms with Crippen LogP contribution in [0.2, 0.25) is 0 Å². The normalized spacial score (nSPS) is 17.3. The summed E-state index contributed by atoms with van der Waals surface area (Å²) in [5, 5.41) is 5.15. The van der Waals surface area contributed by atoms with Crippen molar-refractivity contribution in [3.05, 3.63) is 22.4 Å². The Balaban J connectivity index is 1.80. The molecule has 0 bridgehead atoms. The average Bonchev–Trinajstić information content (AvgIpc) is 2.74. The highest BCUT2D eigenvalue weighted by Gasteiger charge is 2.23. The molecule has 4 heteroatoms. The molecule has 3 nitrogen and oxygen atoms in total. The number of nitrogens with one attached hydrogen (secondary N) is 1. The first-order valence-electron chi connectivity index (χ1n) is 6.22. The van der Waals surface area contributed by atoms with E-state index in [1.165, 1.54) is 11.3 Å². The number of thiophene rings is 1. The Labute approximate surface area is 107 Å². The summed E-state index contributed by atoms with van der Waals surface area (Å²) in [5.41, 5.74) is 0. The Bertz CT molecular complexity index is 360. The number of amides is 2. The number of nitrogens with zero attached hydrogens (tertiary/aromatic N) is 1. The summed E-state index contributed by atoms with van der Waals surface area (Å²) in [4.78, 5) is 15.1. The summed E-state index contributed by atoms with van der Waals surface area (Å²) in [6.07, 6.45) is 4.46. The van der Waals surface area contributed by atoms with E-state index < -0.39 is 0 Å². The smallest absolute Gasteiger partial charge is 0.317 e. The monoisotopic (exact) mass is 252 g/mol. The van der Waals surface area contributed by atoms with E-state index >= 15 is 0 Å². The van der Waals surface area contributed by atoms with Crippen molar-refractivity contribution in [3.63, 3.8) is 0 Å². The predicted molar refractivity (Wildman–Crippen MR) is 71.4 cm³/mol. The Hall–Kier alpha value is -1.03. The van der Waals surface area contributed by atoms with Crippen molar-refractivity contribution in [1.29, 1.82) is 0 Å². The van der Waals surface area contributed by atoms with E-state index in [4.69, 9.17) is 0 Å². The van der Waals surface area contributed by atoms with Crippen LogP contribution in [-0.2, 0) is 6.42 Å². The summed E-state index contributed by atoms with van der Waals surface area (Å²) >= 11 is 1.75. The second kappa shape index (κ2) is 5.54. The second-order valence-electron chi connectivity index (χ2n) is 4.82. The van der Waals surface area contributed by atoms with Crippen LogP contribution < -0.4 is 5.32 Å². The molecule has 0 aromatic carbocycles. The fraction of sp³-hybridized carbons (Fsp3) is 0.615. The minimum Gasteiger partial charge on any atom is -0.335 e. The molecular formula is C13H20N2OS. The van der Waals surface area contributed by atoms with Gasteiger partial charge in [0.2, 0.25) is 0 Å². The Morgan fingerprint density at radius 3 is 2.94 bits per heavy atom. The van der Waals surface area contributed by atoms with Crippen molar-refractivity contribution in [2.24, 2.45) is 0 Å². The molecule has 17 heavy (non-hydrogen) atoms. The molecule has 1 aliphatic rings. The van der Waals surface area contributed by atoms with Gasteiger partial charge in [-0.25, -0.2) is 4.79 Å². The summed E-state index contributed by atoms with van der Waals surface area (Å²) in [5.74, 6) is 0. The molecule has 1 fully saturated rings. The average molecular weight is 252 g/mol. The van der Waals surface area contributed by atoms with Crippen LogP contribution in [0.1, 0.15) is 31.1 Å². The summed E-state index contributed by atoms with van der Waals surface area (Å²) < 4.78 is 0. The van der Waals surface area contributed by atoms with Crippen LogP contribution in [-0.4, -0.2) is 30.1 Å². The van der Waals surface area contributed by atoms with Gasteiger partial charge < -0.3 is 10.2 Å². The SMILES string of the molecule is CC(Cc1cccs1)N(C)C(=O)NC1CCC1. The first-order chi connectivity index (χ1) is 8.16. The zero-order valence-electron chi connectivity index (χ0n) is 10.5. The van der Waals surface area contributed by atoms with Crippen molar-refractivity contribution in [2.75, 3.05) is 7.05 Å². The zero-order valence-corrected chi connectivity index (χ0v) is 11.3. The Morgan fingerprint density at radius 2 is 2.41 bits per heavy atom. The molecule has 2 amide bonds. The first kappa shape index (κ1) is 12.4. The van der Waals surface area contributed by atoms with Crippen molar-refractivity contribution >= 4 is 17.4 Å². The van der Waals surface area contributed by atoms with Gasteiger partial charge in [-0.15, -0.1) is 11.3 Å². The van der Waals surface area contributed by atoms with Gasteiger partial charge in [-0.1, -0.05) is 6.07 Å². The van der Waals surface area contributed by atoms with Crippen molar-refractivity contribution in [2.45, 2.75) is 44.7 Å². The highest BCUT2D eigenvalue weighted by molar-refractivity contribution is 7.09. The molecule has 0 saturated heterocycles. The molecule has 1 aromatic heterocycles. The highest BCUT2D eigenvalue weighted by atomic mass is 32.1. The van der Waals surface area contributed by atoms with Crippen LogP contribution >= 0.6 is 11.3 Å². The van der Waals surface area contributed by atoms with Gasteiger partial charge in [-0.05, 0) is 37.6 Å². The molecule has 2 rings (SSSR count). The molecule has 1 unspecified atom stereocenters. The van der Waals surface area contributed by atoms with Crippen molar-refractivity contribution in [3.8, 4) is 0 Å². The van der Waals surface area contributed by atoms with Gasteiger partial charge in [-0.3, -0.25) is 0 Å². The van der Waals surface area contributed by atoms with E-state index in [0.29, 0.717) is 6.04 Å². The van der Waals surface area contributed by atoms with Crippen LogP contribution in [0, 0.1) is 0 Å². The predicted octanol–water partition coefficient (Wildman–Crippen LogP) is 2.87. The van der Waals surface area contributed by atoms with E-state index in [0.717, 1.165) is 19.3 Å². The molecule has 1 saturated carbocycles. The third-order valence-corrected chi connectivity index (χ3v) is 4.39. The minimum absolute atomic E-state index is 0.0683. The quantitative estimate of drug-likeness (QED) is 0.878. The highest BCUT2D eigenvalue weighted by Crippen LogP contribution is 2.19. The molecule has 1 heterocycles. The zero-order chi connectivity index (χ0) is 12.3. The van der Waals surface area contributed by atoms with E-state index in [-0.39, 0.29) is 12.1 Å². The van der Waals surface area contributed by atoms with Crippen LogP contribution in [0.5, 0.6) is 0 Å². The van der Waals surface area contributed by atoms with Crippen molar-refractivity contribution < 1.29 is 4.79 Å². The molecule has 0 spiro atoms. The van der Waals surface area contributed by atoms with E-state index in [2.05, 4.69) is 29.8 Å². The van der Waals surface area contributed by atoms with Gasteiger partial charge in [0.1, 0.15) is 0 Å². The van der Waals surface area contributed by atoms with Gasteiger partial charge in [0.05, 0.1) is 0 Å². The number of hydrogen-bond acceptors (Lipinski definition) is 2. The van der Waals surface area contributed by atoms with Crippen molar-refractivity contribution in [1.82, 2.24) is 10.2 Å². The summed E-state index contributed by atoms with van der Waals surface area (Å²) in [6.45, 7) is 2.10. The number of urea groups is 1. The van der Waals surface area contributed by atoms with E-state index in [9.17, 15) is 4.79 Å². The fourth-order valence-corrected chi connectivity index (χ4v) is 2.71. The van der Waals surface area contributed by atoms with E-state index in [1.807, 2.05) is 11.9 Å². The lowest BCUT2D eigenvalue weighted by Gasteiger charge is -2.31. The number of carbonyl (C=O) groups is 1. The Kier molecular flexibility index (Phi) is 4.05. The Morgan fingerprint density at radius 1 is 1.65 bits per heavy atom. The third-order valence-electron chi connectivity index (χ3n) is 3.49. The number of carbonyl (C=O) groups excluding carboxylic acids is 1. The lowest BCUT2D eigenvalue weighted by molar-refractivity contribution is 0.182. The number of hydrogen-bond donors (Lipinski definition) is 1. The van der Waals surface area contributed by atoms with Crippen LogP contribution in [0.25, 0.3) is 0 Å². The van der Waals surface area contributed by atoms with Crippen LogP contribution in [0.3, 0.4) is 0 Å². The molecule has 1 aromatic rings. The minimum atomic E-state index is 0.0683. The molecule has 0 radical (unpaired) electrons. The summed E-state index contributed by atoms with van der Waals surface area (Å²) in [7, 11) is 1.88. The first-order valence-corrected chi connectivity index (χ1v) is 7.10. The molecule has 1 atom stereocenters. The van der Waals surface area contributed by atoms with Gasteiger partial charge >= 0.3 is 6.03 Å². The largest absolute Gasteiger partial charge is 0.335 e. The third kappa shape index (κ3) is 3.22. The molecule has 0 aliphatic heterocycles. The van der Waals surface area contributed by atoms with Gasteiger partial charge in [0.15, 0.2) is 0 Å². The number of rotatable bonds is 4. The second-order valence-corrected chi connectivity index (χ2v) is 5.85. The van der Waals surface area contributed by atoms with Crippen LogP contribution in [0.15, 0.2) is 17.5 Å². The fourth-order valence-electron chi connectivity index (χ4n) is 1.89. The van der Waals surface area contributed by atoms with E-state index in [1.54, 1.807) is 11.3 Å². The molecular weight excluding hydrogens is 232 g/mol. The van der Waals surface area contributed by atoms with Gasteiger partial charge in [0, 0.05) is 30.4 Å². The maximum absolute atomic E-state index is 11.9. The standard InChI is InChI=1S/C13H20N2OS/c1-10(9-12-7-4-8-17-12)15(2)13(16)14-11-5-3-6-11/h4,7-8,10-11H,3,5-6,9H2,1-2H3,(H,14,16). The van der Waals surface area contributed by atoms with Gasteiger partial charge in [0.25, 0.3) is 0 Å². The topological polar surface area (TPSA) is 32.3 Å². The molecule has 94 valence electrons. The van der Waals surface area contributed by atoms with Crippen LogP contribution in [0.4, 0.5) is 4.79 Å².